The maximum absolute atomic E-state index is 4.38. The van der Waals surface area contributed by atoms with E-state index in [-0.39, 0.29) is 0 Å². The molecule has 1 N–H and O–H groups in total. The molecule has 2 aromatic rings. The SMILES string of the molecule is CCCC1CCC(NC)C(Sc2nnc3ccccn23)C1. The zero-order valence-corrected chi connectivity index (χ0v) is 13.6. The first kappa shape index (κ1) is 14.9. The van der Waals surface area contributed by atoms with Crippen molar-refractivity contribution >= 4 is 17.4 Å². The molecule has 114 valence electrons. The average molecular weight is 304 g/mol. The molecule has 0 spiro atoms. The van der Waals surface area contributed by atoms with Crippen molar-refractivity contribution in [3.8, 4) is 0 Å². The molecule has 2 heterocycles. The summed E-state index contributed by atoms with van der Waals surface area (Å²) in [4.78, 5) is 0. The third-order valence-electron chi connectivity index (χ3n) is 4.51. The van der Waals surface area contributed by atoms with E-state index in [2.05, 4.69) is 40.1 Å². The Balaban J connectivity index is 1.77. The number of rotatable bonds is 5. The maximum Gasteiger partial charge on any atom is 0.195 e. The first-order valence-electron chi connectivity index (χ1n) is 7.95. The number of nitrogens with one attached hydrogen (secondary N) is 1. The number of hydrogen-bond acceptors (Lipinski definition) is 4. The number of pyridine rings is 1. The van der Waals surface area contributed by atoms with Gasteiger partial charge in [-0.3, -0.25) is 4.40 Å². The van der Waals surface area contributed by atoms with Crippen LogP contribution in [0.15, 0.2) is 29.6 Å². The lowest BCUT2D eigenvalue weighted by molar-refractivity contribution is 0.295. The van der Waals surface area contributed by atoms with E-state index < -0.39 is 0 Å². The summed E-state index contributed by atoms with van der Waals surface area (Å²) in [7, 11) is 2.08. The van der Waals surface area contributed by atoms with Crippen molar-refractivity contribution in [2.45, 2.75) is 55.5 Å². The standard InChI is InChI=1S/C16H24N4S/c1-3-6-12-8-9-13(17-2)14(11-12)21-16-19-18-15-7-4-5-10-20(15)16/h4-5,7,10,12-14,17H,3,6,8-9,11H2,1-2H3. The highest BCUT2D eigenvalue weighted by Gasteiger charge is 2.31. The Morgan fingerprint density at radius 2 is 2.24 bits per heavy atom. The third-order valence-corrected chi connectivity index (χ3v) is 5.82. The lowest BCUT2D eigenvalue weighted by Gasteiger charge is -2.35. The van der Waals surface area contributed by atoms with Gasteiger partial charge in [-0.25, -0.2) is 0 Å². The van der Waals surface area contributed by atoms with Crippen molar-refractivity contribution in [1.82, 2.24) is 19.9 Å². The second-order valence-electron chi connectivity index (χ2n) is 5.93. The van der Waals surface area contributed by atoms with Crippen LogP contribution in [0.4, 0.5) is 0 Å². The van der Waals surface area contributed by atoms with E-state index in [4.69, 9.17) is 0 Å². The molecule has 0 amide bonds. The molecule has 21 heavy (non-hydrogen) atoms. The summed E-state index contributed by atoms with van der Waals surface area (Å²) in [5.74, 6) is 0.872. The molecule has 0 bridgehead atoms. The van der Waals surface area contributed by atoms with Crippen LogP contribution in [0.3, 0.4) is 0 Å². The fourth-order valence-electron chi connectivity index (χ4n) is 3.38. The van der Waals surface area contributed by atoms with Crippen molar-refractivity contribution in [3.63, 3.8) is 0 Å². The van der Waals surface area contributed by atoms with Crippen LogP contribution in [-0.4, -0.2) is 32.9 Å². The molecule has 0 aromatic carbocycles. The zero-order chi connectivity index (χ0) is 14.7. The van der Waals surface area contributed by atoms with Crippen LogP contribution in [0.25, 0.3) is 5.65 Å². The van der Waals surface area contributed by atoms with Crippen LogP contribution in [-0.2, 0) is 0 Å². The van der Waals surface area contributed by atoms with Gasteiger partial charge in [0.15, 0.2) is 10.8 Å². The van der Waals surface area contributed by atoms with Gasteiger partial charge in [0.25, 0.3) is 0 Å². The second-order valence-corrected chi connectivity index (χ2v) is 7.14. The van der Waals surface area contributed by atoms with E-state index in [1.54, 1.807) is 0 Å². The van der Waals surface area contributed by atoms with Crippen molar-refractivity contribution in [2.24, 2.45) is 5.92 Å². The molecule has 0 radical (unpaired) electrons. The molecule has 1 aliphatic rings. The lowest BCUT2D eigenvalue weighted by Crippen LogP contribution is -2.40. The van der Waals surface area contributed by atoms with Gasteiger partial charge in [-0.05, 0) is 44.4 Å². The highest BCUT2D eigenvalue weighted by molar-refractivity contribution is 7.99. The minimum atomic E-state index is 0.583. The molecule has 3 unspecified atom stereocenters. The fourth-order valence-corrected chi connectivity index (χ4v) is 4.81. The van der Waals surface area contributed by atoms with Crippen LogP contribution < -0.4 is 5.32 Å². The number of thioether (sulfide) groups is 1. The van der Waals surface area contributed by atoms with Crippen molar-refractivity contribution in [1.29, 1.82) is 0 Å². The quantitative estimate of drug-likeness (QED) is 0.919. The summed E-state index contributed by atoms with van der Waals surface area (Å²) in [5.41, 5.74) is 0.932. The van der Waals surface area contributed by atoms with Crippen LogP contribution in [0.1, 0.15) is 39.0 Å². The average Bonchev–Trinajstić information content (AvgIpc) is 2.91. The molecule has 1 saturated carbocycles. The van der Waals surface area contributed by atoms with Gasteiger partial charge in [0, 0.05) is 17.5 Å². The molecule has 4 nitrogen and oxygen atoms in total. The van der Waals surface area contributed by atoms with Gasteiger partial charge in [0.05, 0.1) is 0 Å². The second kappa shape index (κ2) is 6.79. The molecule has 5 heteroatoms. The summed E-state index contributed by atoms with van der Waals surface area (Å²) in [6, 6.07) is 6.63. The van der Waals surface area contributed by atoms with Crippen molar-refractivity contribution in [3.05, 3.63) is 24.4 Å². The van der Waals surface area contributed by atoms with Crippen molar-refractivity contribution < 1.29 is 0 Å². The lowest BCUT2D eigenvalue weighted by atomic mass is 9.83. The molecule has 1 fully saturated rings. The van der Waals surface area contributed by atoms with Gasteiger partial charge >= 0.3 is 0 Å². The molecule has 3 atom stereocenters. The Morgan fingerprint density at radius 1 is 1.33 bits per heavy atom. The van der Waals surface area contributed by atoms with E-state index in [9.17, 15) is 0 Å². The molecule has 2 aromatic heterocycles. The van der Waals surface area contributed by atoms with E-state index in [1.165, 1.54) is 32.1 Å². The maximum atomic E-state index is 4.38. The van der Waals surface area contributed by atoms with Gasteiger partial charge in [-0.1, -0.05) is 37.6 Å². The summed E-state index contributed by atoms with van der Waals surface area (Å²) in [6.07, 6.45) is 8.62. The highest BCUT2D eigenvalue weighted by atomic mass is 32.2. The summed E-state index contributed by atoms with van der Waals surface area (Å²) < 4.78 is 2.10. The van der Waals surface area contributed by atoms with Crippen LogP contribution >= 0.6 is 11.8 Å². The van der Waals surface area contributed by atoms with E-state index in [0.29, 0.717) is 11.3 Å². The Hall–Kier alpha value is -1.07. The summed E-state index contributed by atoms with van der Waals surface area (Å²) >= 11 is 1.89. The van der Waals surface area contributed by atoms with Crippen LogP contribution in [0.2, 0.25) is 0 Å². The summed E-state index contributed by atoms with van der Waals surface area (Å²) in [5, 5.41) is 13.8. The first-order valence-corrected chi connectivity index (χ1v) is 8.83. The predicted molar refractivity (Wildman–Crippen MR) is 87.7 cm³/mol. The molecule has 0 aliphatic heterocycles. The van der Waals surface area contributed by atoms with Crippen LogP contribution in [0, 0.1) is 5.92 Å². The Kier molecular flexibility index (Phi) is 4.80. The molecule has 0 saturated heterocycles. The van der Waals surface area contributed by atoms with Gasteiger partial charge in [-0.2, -0.15) is 0 Å². The number of hydrogen-bond donors (Lipinski definition) is 1. The topological polar surface area (TPSA) is 42.2 Å². The van der Waals surface area contributed by atoms with Gasteiger partial charge in [-0.15, -0.1) is 10.2 Å². The fraction of sp³-hybridized carbons (Fsp3) is 0.625. The normalized spacial score (nSPS) is 26.3. The van der Waals surface area contributed by atoms with Gasteiger partial charge in [0.1, 0.15) is 0 Å². The Morgan fingerprint density at radius 3 is 3.05 bits per heavy atom. The smallest absolute Gasteiger partial charge is 0.195 e. The van der Waals surface area contributed by atoms with E-state index in [1.807, 2.05) is 30.0 Å². The van der Waals surface area contributed by atoms with Crippen molar-refractivity contribution in [2.75, 3.05) is 7.05 Å². The van der Waals surface area contributed by atoms with Crippen LogP contribution in [0.5, 0.6) is 0 Å². The highest BCUT2D eigenvalue weighted by Crippen LogP contribution is 2.37. The van der Waals surface area contributed by atoms with E-state index in [0.717, 1.165) is 16.7 Å². The molecule has 1 aliphatic carbocycles. The number of aromatic nitrogens is 3. The summed E-state index contributed by atoms with van der Waals surface area (Å²) in [6.45, 7) is 2.29. The zero-order valence-electron chi connectivity index (χ0n) is 12.8. The number of fused-ring (bicyclic) bond motifs is 1. The van der Waals surface area contributed by atoms with E-state index >= 15 is 0 Å². The predicted octanol–water partition coefficient (Wildman–Crippen LogP) is 3.38. The molecular weight excluding hydrogens is 280 g/mol. The molecule has 3 rings (SSSR count). The number of nitrogens with zero attached hydrogens (tertiary/aromatic N) is 3. The Labute approximate surface area is 130 Å². The minimum Gasteiger partial charge on any atom is -0.316 e. The largest absolute Gasteiger partial charge is 0.316 e. The monoisotopic (exact) mass is 304 g/mol. The van der Waals surface area contributed by atoms with Gasteiger partial charge in [0.2, 0.25) is 0 Å². The minimum absolute atomic E-state index is 0.583. The first-order chi connectivity index (χ1) is 10.3. The third kappa shape index (κ3) is 3.24. The molecular formula is C16H24N4S. The van der Waals surface area contributed by atoms with Gasteiger partial charge < -0.3 is 5.32 Å². The Bertz CT molecular complexity index is 582.